The molecule has 1 saturated heterocycles. The molecule has 1 fully saturated rings. The Kier molecular flexibility index (Phi) is 4.68. The summed E-state index contributed by atoms with van der Waals surface area (Å²) in [5.74, 6) is 0. The van der Waals surface area contributed by atoms with Crippen molar-refractivity contribution in [2.24, 2.45) is 0 Å². The highest BCUT2D eigenvalue weighted by atomic mass is 19.1. The Morgan fingerprint density at radius 2 is 2.00 bits per heavy atom. The van der Waals surface area contributed by atoms with Gasteiger partial charge >= 0.3 is 0 Å². The molecule has 0 atom stereocenters. The predicted molar refractivity (Wildman–Crippen MR) is 72.3 cm³/mol. The summed E-state index contributed by atoms with van der Waals surface area (Å²) in [6.07, 6.45) is 0.580. The molecule has 0 radical (unpaired) electrons. The topological polar surface area (TPSA) is 49.6 Å². The van der Waals surface area contributed by atoms with Crippen LogP contribution in [0.25, 0.3) is 0 Å². The lowest BCUT2D eigenvalue weighted by atomic mass is 10.2. The third-order valence-corrected chi connectivity index (χ3v) is 3.39. The van der Waals surface area contributed by atoms with Crippen LogP contribution in [0.1, 0.15) is 6.42 Å². The summed E-state index contributed by atoms with van der Waals surface area (Å²) >= 11 is 0. The number of nitro groups is 1. The molecule has 0 bridgehead atoms. The van der Waals surface area contributed by atoms with Gasteiger partial charge < -0.3 is 4.90 Å². The number of alkyl halides is 1. The second-order valence-electron chi connectivity index (χ2n) is 4.65. The van der Waals surface area contributed by atoms with E-state index in [-0.39, 0.29) is 17.3 Å². The predicted octanol–water partition coefficient (Wildman–Crippen LogP) is 2.08. The molecule has 6 heteroatoms. The number of halogens is 1. The molecule has 5 nitrogen and oxygen atoms in total. The molecule has 1 aliphatic heterocycles. The number of piperazine rings is 1. The second-order valence-corrected chi connectivity index (χ2v) is 4.65. The van der Waals surface area contributed by atoms with Crippen molar-refractivity contribution < 1.29 is 9.31 Å². The second kappa shape index (κ2) is 6.47. The molecule has 0 aromatic heterocycles. The molecule has 2 rings (SSSR count). The van der Waals surface area contributed by atoms with Crippen LogP contribution in [-0.2, 0) is 0 Å². The van der Waals surface area contributed by atoms with Gasteiger partial charge in [0.2, 0.25) is 0 Å². The van der Waals surface area contributed by atoms with Crippen LogP contribution in [-0.4, -0.2) is 49.2 Å². The third kappa shape index (κ3) is 3.64. The largest absolute Gasteiger partial charge is 0.369 e. The Morgan fingerprint density at radius 1 is 1.26 bits per heavy atom. The van der Waals surface area contributed by atoms with Gasteiger partial charge in [-0.25, -0.2) is 0 Å². The average Bonchev–Trinajstić information content (AvgIpc) is 2.46. The maximum atomic E-state index is 12.1. The monoisotopic (exact) mass is 267 g/mol. The van der Waals surface area contributed by atoms with E-state index < -0.39 is 0 Å². The van der Waals surface area contributed by atoms with E-state index >= 15 is 0 Å². The van der Waals surface area contributed by atoms with Crippen molar-refractivity contribution in [3.8, 4) is 0 Å². The van der Waals surface area contributed by atoms with Gasteiger partial charge in [0.05, 0.1) is 11.6 Å². The van der Waals surface area contributed by atoms with E-state index in [1.54, 1.807) is 12.1 Å². The van der Waals surface area contributed by atoms with E-state index in [4.69, 9.17) is 0 Å². The summed E-state index contributed by atoms with van der Waals surface area (Å²) in [7, 11) is 0. The molecule has 1 aromatic rings. The summed E-state index contributed by atoms with van der Waals surface area (Å²) in [6.45, 7) is 3.93. The summed E-state index contributed by atoms with van der Waals surface area (Å²) in [5, 5.41) is 10.7. The van der Waals surface area contributed by atoms with E-state index in [2.05, 4.69) is 9.80 Å². The average molecular weight is 267 g/mol. The Balaban J connectivity index is 1.94. The number of benzene rings is 1. The minimum Gasteiger partial charge on any atom is -0.369 e. The smallest absolute Gasteiger partial charge is 0.271 e. The van der Waals surface area contributed by atoms with Gasteiger partial charge in [0.25, 0.3) is 5.69 Å². The van der Waals surface area contributed by atoms with Crippen LogP contribution in [0, 0.1) is 10.1 Å². The van der Waals surface area contributed by atoms with Crippen LogP contribution in [0.15, 0.2) is 24.3 Å². The van der Waals surface area contributed by atoms with Gasteiger partial charge in [0, 0.05) is 50.5 Å². The van der Waals surface area contributed by atoms with E-state index in [1.165, 1.54) is 6.07 Å². The molecule has 0 spiro atoms. The molecule has 0 saturated carbocycles. The van der Waals surface area contributed by atoms with Gasteiger partial charge in [-0.2, -0.15) is 0 Å². The van der Waals surface area contributed by atoms with Gasteiger partial charge in [-0.15, -0.1) is 0 Å². The van der Waals surface area contributed by atoms with Gasteiger partial charge in [-0.3, -0.25) is 19.4 Å². The minimum atomic E-state index is -0.374. The lowest BCUT2D eigenvalue weighted by Crippen LogP contribution is -2.46. The molecule has 0 aliphatic carbocycles. The van der Waals surface area contributed by atoms with Crippen molar-refractivity contribution >= 4 is 11.4 Å². The first-order valence-electron chi connectivity index (χ1n) is 6.48. The van der Waals surface area contributed by atoms with Crippen molar-refractivity contribution in [3.05, 3.63) is 34.4 Å². The molecule has 1 aliphatic rings. The Labute approximate surface area is 111 Å². The quantitative estimate of drug-likeness (QED) is 0.605. The van der Waals surface area contributed by atoms with Gasteiger partial charge in [0.1, 0.15) is 0 Å². The van der Waals surface area contributed by atoms with E-state index in [9.17, 15) is 14.5 Å². The molecular formula is C13H18FN3O2. The molecule has 0 N–H and O–H groups in total. The fourth-order valence-electron chi connectivity index (χ4n) is 2.32. The van der Waals surface area contributed by atoms with Gasteiger partial charge in [-0.05, 0) is 12.5 Å². The molecule has 19 heavy (non-hydrogen) atoms. The number of anilines is 1. The van der Waals surface area contributed by atoms with E-state index in [0.29, 0.717) is 6.42 Å². The zero-order valence-corrected chi connectivity index (χ0v) is 10.8. The van der Waals surface area contributed by atoms with Gasteiger partial charge in [-0.1, -0.05) is 6.07 Å². The number of hydrogen-bond acceptors (Lipinski definition) is 4. The van der Waals surface area contributed by atoms with Crippen molar-refractivity contribution in [1.29, 1.82) is 0 Å². The van der Waals surface area contributed by atoms with Crippen molar-refractivity contribution in [2.75, 3.05) is 44.3 Å². The normalized spacial score (nSPS) is 16.6. The first-order valence-corrected chi connectivity index (χ1v) is 6.48. The first kappa shape index (κ1) is 13.7. The van der Waals surface area contributed by atoms with Gasteiger partial charge in [0.15, 0.2) is 0 Å². The highest BCUT2D eigenvalue weighted by Gasteiger charge is 2.18. The molecular weight excluding hydrogens is 249 g/mol. The van der Waals surface area contributed by atoms with Crippen LogP contribution in [0.2, 0.25) is 0 Å². The maximum Gasteiger partial charge on any atom is 0.271 e. The van der Waals surface area contributed by atoms with Crippen LogP contribution >= 0.6 is 0 Å². The SMILES string of the molecule is O=[N+]([O-])c1cccc(N2CCN(CCCF)CC2)c1. The lowest BCUT2D eigenvalue weighted by Gasteiger charge is -2.35. The van der Waals surface area contributed by atoms with E-state index in [1.807, 2.05) is 6.07 Å². The fraction of sp³-hybridized carbons (Fsp3) is 0.538. The first-order chi connectivity index (χ1) is 9.20. The maximum absolute atomic E-state index is 12.1. The summed E-state index contributed by atoms with van der Waals surface area (Å²) in [4.78, 5) is 14.7. The number of rotatable bonds is 5. The fourth-order valence-corrected chi connectivity index (χ4v) is 2.32. The summed E-state index contributed by atoms with van der Waals surface area (Å²) < 4.78 is 12.1. The molecule has 0 unspecified atom stereocenters. The highest BCUT2D eigenvalue weighted by molar-refractivity contribution is 5.53. The highest BCUT2D eigenvalue weighted by Crippen LogP contribution is 2.22. The molecule has 104 valence electrons. The van der Waals surface area contributed by atoms with Crippen LogP contribution in [0.5, 0.6) is 0 Å². The van der Waals surface area contributed by atoms with Crippen LogP contribution in [0.3, 0.4) is 0 Å². The summed E-state index contributed by atoms with van der Waals surface area (Å²) in [6, 6.07) is 6.71. The van der Waals surface area contributed by atoms with Crippen molar-refractivity contribution in [3.63, 3.8) is 0 Å². The number of nitro benzene ring substituents is 1. The van der Waals surface area contributed by atoms with Crippen LogP contribution < -0.4 is 4.90 Å². The van der Waals surface area contributed by atoms with Crippen molar-refractivity contribution in [2.45, 2.75) is 6.42 Å². The number of non-ortho nitro benzene ring substituents is 1. The van der Waals surface area contributed by atoms with E-state index in [0.717, 1.165) is 38.4 Å². The third-order valence-electron chi connectivity index (χ3n) is 3.39. The zero-order chi connectivity index (χ0) is 13.7. The van der Waals surface area contributed by atoms with Crippen molar-refractivity contribution in [1.82, 2.24) is 4.90 Å². The Morgan fingerprint density at radius 3 is 2.63 bits per heavy atom. The molecule has 0 amide bonds. The zero-order valence-electron chi connectivity index (χ0n) is 10.8. The molecule has 1 aromatic carbocycles. The Hall–Kier alpha value is -1.69. The summed E-state index contributed by atoms with van der Waals surface area (Å²) in [5.41, 5.74) is 1.01. The Bertz CT molecular complexity index is 434. The molecule has 1 heterocycles. The number of nitrogens with zero attached hydrogens (tertiary/aromatic N) is 3. The minimum absolute atomic E-state index is 0.123. The standard InChI is InChI=1S/C13H18FN3O2/c14-5-2-6-15-7-9-16(10-8-15)12-3-1-4-13(11-12)17(18)19/h1,3-4,11H,2,5-10H2. The number of hydrogen-bond donors (Lipinski definition) is 0. The van der Waals surface area contributed by atoms with Crippen LogP contribution in [0.4, 0.5) is 15.8 Å². The lowest BCUT2D eigenvalue weighted by molar-refractivity contribution is -0.384.